The maximum absolute atomic E-state index is 11.8. The number of carboxylic acids is 1. The summed E-state index contributed by atoms with van der Waals surface area (Å²) >= 11 is 0. The third-order valence-electron chi connectivity index (χ3n) is 2.81. The van der Waals surface area contributed by atoms with Gasteiger partial charge in [0.2, 0.25) is 10.0 Å². The zero-order valence-electron chi connectivity index (χ0n) is 11.6. The van der Waals surface area contributed by atoms with Crippen molar-refractivity contribution in [2.24, 2.45) is 0 Å². The van der Waals surface area contributed by atoms with Crippen LogP contribution in [0.4, 0.5) is 0 Å². The zero-order valence-corrected chi connectivity index (χ0v) is 12.4. The number of sulfonamides is 1. The molecule has 1 aromatic rings. The molecule has 1 rings (SSSR count). The molecule has 0 heterocycles. The van der Waals surface area contributed by atoms with E-state index in [1.807, 2.05) is 31.2 Å². The van der Waals surface area contributed by atoms with Crippen LogP contribution in [0.3, 0.4) is 0 Å². The molecular formula is C13H19NO5S. The number of carboxylic acid groups (broad SMARTS) is 1. The summed E-state index contributed by atoms with van der Waals surface area (Å²) in [4.78, 5) is 10.4. The fourth-order valence-corrected chi connectivity index (χ4v) is 2.61. The van der Waals surface area contributed by atoms with Gasteiger partial charge in [0.1, 0.15) is 12.4 Å². The molecule has 0 saturated heterocycles. The minimum Gasteiger partial charge on any atom is -0.492 e. The Morgan fingerprint density at radius 1 is 1.35 bits per heavy atom. The summed E-state index contributed by atoms with van der Waals surface area (Å²) in [6.45, 7) is 2.30. The van der Waals surface area contributed by atoms with Crippen molar-refractivity contribution in [1.29, 1.82) is 0 Å². The summed E-state index contributed by atoms with van der Waals surface area (Å²) in [6.07, 6.45) is -0.397. The predicted molar refractivity (Wildman–Crippen MR) is 75.3 cm³/mol. The van der Waals surface area contributed by atoms with Crippen LogP contribution in [-0.4, -0.2) is 49.8 Å². The Kier molecular flexibility index (Phi) is 5.97. The average molecular weight is 301 g/mol. The van der Waals surface area contributed by atoms with Crippen molar-refractivity contribution < 1.29 is 23.1 Å². The van der Waals surface area contributed by atoms with Crippen LogP contribution in [0.15, 0.2) is 24.3 Å². The van der Waals surface area contributed by atoms with Gasteiger partial charge in [-0.05, 0) is 18.6 Å². The van der Waals surface area contributed by atoms with Gasteiger partial charge >= 0.3 is 5.97 Å². The van der Waals surface area contributed by atoms with Crippen LogP contribution >= 0.6 is 0 Å². The Morgan fingerprint density at radius 3 is 2.60 bits per heavy atom. The quantitative estimate of drug-likeness (QED) is 0.777. The topological polar surface area (TPSA) is 83.9 Å². The normalized spacial score (nSPS) is 11.6. The van der Waals surface area contributed by atoms with Crippen molar-refractivity contribution in [3.8, 4) is 5.75 Å². The number of ether oxygens (including phenoxy) is 1. The van der Waals surface area contributed by atoms with Crippen LogP contribution in [0.2, 0.25) is 0 Å². The smallest absolute Gasteiger partial charge is 0.304 e. The lowest BCUT2D eigenvalue weighted by Crippen LogP contribution is -2.33. The second kappa shape index (κ2) is 7.25. The van der Waals surface area contributed by atoms with Crippen LogP contribution in [-0.2, 0) is 14.8 Å². The Labute approximate surface area is 119 Å². The van der Waals surface area contributed by atoms with Crippen LogP contribution in [0.25, 0.3) is 0 Å². The van der Waals surface area contributed by atoms with Crippen molar-refractivity contribution in [3.63, 3.8) is 0 Å². The van der Waals surface area contributed by atoms with Crippen LogP contribution in [0.1, 0.15) is 12.0 Å². The number of para-hydroxylation sites is 1. The fraction of sp³-hybridized carbons (Fsp3) is 0.462. The van der Waals surface area contributed by atoms with E-state index in [0.29, 0.717) is 5.75 Å². The molecule has 0 bridgehead atoms. The SMILES string of the molecule is Cc1ccccc1OCCN(C)S(=O)(=O)CCC(=O)O. The summed E-state index contributed by atoms with van der Waals surface area (Å²) < 4.78 is 30.1. The molecule has 0 spiro atoms. The molecule has 0 aliphatic carbocycles. The van der Waals surface area contributed by atoms with Gasteiger partial charge in [-0.2, -0.15) is 0 Å². The second-order valence-corrected chi connectivity index (χ2v) is 6.59. The lowest BCUT2D eigenvalue weighted by atomic mass is 10.2. The number of hydrogen-bond donors (Lipinski definition) is 1. The number of benzene rings is 1. The Balaban J connectivity index is 2.45. The second-order valence-electron chi connectivity index (χ2n) is 4.40. The average Bonchev–Trinajstić information content (AvgIpc) is 2.38. The molecule has 20 heavy (non-hydrogen) atoms. The minimum absolute atomic E-state index is 0.177. The molecule has 7 heteroatoms. The van der Waals surface area contributed by atoms with Gasteiger partial charge in [0.15, 0.2) is 0 Å². The first-order chi connectivity index (χ1) is 9.33. The third-order valence-corrected chi connectivity index (χ3v) is 4.66. The molecule has 0 fully saturated rings. The van der Waals surface area contributed by atoms with Crippen LogP contribution < -0.4 is 4.74 Å². The lowest BCUT2D eigenvalue weighted by Gasteiger charge is -2.17. The van der Waals surface area contributed by atoms with Gasteiger partial charge in [0.05, 0.1) is 12.2 Å². The predicted octanol–water partition coefficient (Wildman–Crippen LogP) is 1.11. The van der Waals surface area contributed by atoms with Crippen molar-refractivity contribution >= 4 is 16.0 Å². The van der Waals surface area contributed by atoms with Crippen molar-refractivity contribution in [1.82, 2.24) is 4.31 Å². The summed E-state index contributed by atoms with van der Waals surface area (Å²) in [6, 6.07) is 7.46. The molecule has 0 atom stereocenters. The molecule has 0 saturated carbocycles. The van der Waals surface area contributed by atoms with E-state index >= 15 is 0 Å². The van der Waals surface area contributed by atoms with Crippen molar-refractivity contribution in [3.05, 3.63) is 29.8 Å². The van der Waals surface area contributed by atoms with E-state index in [1.54, 1.807) is 0 Å². The molecule has 0 radical (unpaired) electrons. The van der Waals surface area contributed by atoms with E-state index in [4.69, 9.17) is 9.84 Å². The highest BCUT2D eigenvalue weighted by atomic mass is 32.2. The lowest BCUT2D eigenvalue weighted by molar-refractivity contribution is -0.136. The number of hydrogen-bond acceptors (Lipinski definition) is 4. The maximum Gasteiger partial charge on any atom is 0.304 e. The zero-order chi connectivity index (χ0) is 15.2. The Morgan fingerprint density at radius 2 is 2.00 bits per heavy atom. The van der Waals surface area contributed by atoms with Gasteiger partial charge < -0.3 is 9.84 Å². The maximum atomic E-state index is 11.8. The first-order valence-corrected chi connectivity index (χ1v) is 7.78. The molecule has 0 aliphatic rings. The number of rotatable bonds is 8. The number of aryl methyl sites for hydroxylation is 1. The van der Waals surface area contributed by atoms with Crippen LogP contribution in [0, 0.1) is 6.92 Å². The van der Waals surface area contributed by atoms with E-state index in [-0.39, 0.29) is 13.2 Å². The molecule has 1 aromatic carbocycles. The van der Waals surface area contributed by atoms with Crippen LogP contribution in [0.5, 0.6) is 5.75 Å². The van der Waals surface area contributed by atoms with E-state index in [2.05, 4.69) is 0 Å². The van der Waals surface area contributed by atoms with E-state index < -0.39 is 28.2 Å². The standard InChI is InChI=1S/C13H19NO5S/c1-11-5-3-4-6-12(11)19-9-8-14(2)20(17,18)10-7-13(15)16/h3-6H,7-10H2,1-2H3,(H,15,16). The van der Waals surface area contributed by atoms with E-state index in [0.717, 1.165) is 9.87 Å². The molecule has 0 unspecified atom stereocenters. The Hall–Kier alpha value is -1.60. The van der Waals surface area contributed by atoms with Gasteiger partial charge in [0, 0.05) is 13.6 Å². The van der Waals surface area contributed by atoms with Gasteiger partial charge in [0.25, 0.3) is 0 Å². The molecule has 6 nitrogen and oxygen atoms in total. The molecule has 0 aliphatic heterocycles. The summed E-state index contributed by atoms with van der Waals surface area (Å²) in [7, 11) is -2.13. The van der Waals surface area contributed by atoms with E-state index in [1.165, 1.54) is 7.05 Å². The number of aliphatic carboxylic acids is 1. The van der Waals surface area contributed by atoms with Crippen molar-refractivity contribution in [2.75, 3.05) is 26.0 Å². The first kappa shape index (κ1) is 16.5. The summed E-state index contributed by atoms with van der Waals surface area (Å²) in [5.41, 5.74) is 0.976. The van der Waals surface area contributed by atoms with Gasteiger partial charge in [-0.3, -0.25) is 4.79 Å². The van der Waals surface area contributed by atoms with Gasteiger partial charge in [-0.15, -0.1) is 0 Å². The van der Waals surface area contributed by atoms with Crippen molar-refractivity contribution in [2.45, 2.75) is 13.3 Å². The summed E-state index contributed by atoms with van der Waals surface area (Å²) in [5, 5.41) is 8.51. The molecule has 0 aromatic heterocycles. The highest BCUT2D eigenvalue weighted by Crippen LogP contribution is 2.16. The highest BCUT2D eigenvalue weighted by Gasteiger charge is 2.19. The minimum atomic E-state index is -3.55. The van der Waals surface area contributed by atoms with Gasteiger partial charge in [-0.1, -0.05) is 18.2 Å². The summed E-state index contributed by atoms with van der Waals surface area (Å²) in [5.74, 6) is -0.814. The largest absolute Gasteiger partial charge is 0.492 e. The third kappa shape index (κ3) is 5.18. The number of carbonyl (C=O) groups is 1. The fourth-order valence-electron chi connectivity index (χ4n) is 1.51. The molecule has 112 valence electrons. The monoisotopic (exact) mass is 301 g/mol. The first-order valence-electron chi connectivity index (χ1n) is 6.17. The highest BCUT2D eigenvalue weighted by molar-refractivity contribution is 7.89. The molecular weight excluding hydrogens is 282 g/mol. The number of nitrogens with zero attached hydrogens (tertiary/aromatic N) is 1. The number of likely N-dealkylation sites (N-methyl/N-ethyl adjacent to an activating group) is 1. The molecule has 1 N–H and O–H groups in total. The van der Waals surface area contributed by atoms with E-state index in [9.17, 15) is 13.2 Å². The Bertz CT molecular complexity index is 556. The molecule has 0 amide bonds. The van der Waals surface area contributed by atoms with Gasteiger partial charge in [-0.25, -0.2) is 12.7 Å².